The van der Waals surface area contributed by atoms with Crippen molar-refractivity contribution in [3.63, 3.8) is 0 Å². The van der Waals surface area contributed by atoms with Gasteiger partial charge in [0.2, 0.25) is 0 Å². The number of carbonyl (C=O) groups excluding carboxylic acids is 1. The molecule has 1 aromatic heterocycles. The molecule has 8 heteroatoms. The molecule has 3 aromatic rings. The number of nitrogens with one attached hydrogen (secondary N) is 1. The van der Waals surface area contributed by atoms with Crippen LogP contribution in [0.5, 0.6) is 0 Å². The minimum absolute atomic E-state index is 0. The molecule has 0 spiro atoms. The lowest BCUT2D eigenvalue weighted by atomic mass is 9.82. The Hall–Kier alpha value is -3.16. The second-order valence-corrected chi connectivity index (χ2v) is 9.03. The Morgan fingerprint density at radius 1 is 1.09 bits per heavy atom. The number of halogens is 1. The Bertz CT molecular complexity index is 1140. The number of amides is 1. The summed E-state index contributed by atoms with van der Waals surface area (Å²) in [6, 6.07) is 17.0. The number of thiophene rings is 1. The number of carbonyl (C=O) groups is 2. The van der Waals surface area contributed by atoms with Gasteiger partial charge in [0, 0.05) is 28.1 Å². The summed E-state index contributed by atoms with van der Waals surface area (Å²) in [5.41, 5.74) is 10.4. The molecular formula is C25H26ClN3O3S. The average molecular weight is 484 g/mol. The predicted octanol–water partition coefficient (Wildman–Crippen LogP) is 4.91. The van der Waals surface area contributed by atoms with Gasteiger partial charge in [0.05, 0.1) is 6.54 Å². The van der Waals surface area contributed by atoms with E-state index in [9.17, 15) is 9.59 Å². The monoisotopic (exact) mass is 483 g/mol. The van der Waals surface area contributed by atoms with E-state index in [-0.39, 0.29) is 30.7 Å². The predicted molar refractivity (Wildman–Crippen MR) is 135 cm³/mol. The zero-order valence-corrected chi connectivity index (χ0v) is 19.6. The van der Waals surface area contributed by atoms with Crippen molar-refractivity contribution in [2.24, 2.45) is 16.6 Å². The van der Waals surface area contributed by atoms with Gasteiger partial charge < -0.3 is 16.2 Å². The van der Waals surface area contributed by atoms with Crippen LogP contribution in [0, 0.1) is 5.92 Å². The maximum Gasteiger partial charge on any atom is 0.303 e. The van der Waals surface area contributed by atoms with Crippen molar-refractivity contribution in [1.82, 2.24) is 0 Å². The van der Waals surface area contributed by atoms with E-state index in [1.165, 1.54) is 5.56 Å². The Morgan fingerprint density at radius 3 is 2.55 bits per heavy atom. The van der Waals surface area contributed by atoms with Gasteiger partial charge >= 0.3 is 5.97 Å². The van der Waals surface area contributed by atoms with Gasteiger partial charge in [-0.25, -0.2) is 0 Å². The van der Waals surface area contributed by atoms with Crippen LogP contribution >= 0.6 is 23.7 Å². The SMILES string of the molecule is Cl.NC(=NCc1cccs1)c1ccc(C(=O)Nc2ccc3c(c2)CC(CC(=O)O)CC3)cc1. The van der Waals surface area contributed by atoms with Gasteiger partial charge in [-0.15, -0.1) is 23.7 Å². The summed E-state index contributed by atoms with van der Waals surface area (Å²) < 4.78 is 0. The number of anilines is 1. The van der Waals surface area contributed by atoms with Crippen LogP contribution in [0.15, 0.2) is 65.0 Å². The topological polar surface area (TPSA) is 105 Å². The number of hydrogen-bond donors (Lipinski definition) is 3. The highest BCUT2D eigenvalue weighted by Gasteiger charge is 2.21. The first kappa shape index (κ1) is 24.5. The van der Waals surface area contributed by atoms with Gasteiger partial charge in [0.1, 0.15) is 5.84 Å². The molecule has 0 bridgehead atoms. The van der Waals surface area contributed by atoms with E-state index in [2.05, 4.69) is 10.3 Å². The number of aliphatic imine (C=N–C) groups is 1. The highest BCUT2D eigenvalue weighted by atomic mass is 35.5. The quantitative estimate of drug-likeness (QED) is 0.328. The summed E-state index contributed by atoms with van der Waals surface area (Å²) >= 11 is 1.64. The molecule has 1 atom stereocenters. The third kappa shape index (κ3) is 6.43. The molecule has 0 aliphatic heterocycles. The van der Waals surface area contributed by atoms with Crippen LogP contribution in [0.3, 0.4) is 0 Å². The summed E-state index contributed by atoms with van der Waals surface area (Å²) in [6.45, 7) is 0.539. The minimum Gasteiger partial charge on any atom is -0.481 e. The van der Waals surface area contributed by atoms with Gasteiger partial charge in [0.25, 0.3) is 5.91 Å². The largest absolute Gasteiger partial charge is 0.481 e. The molecule has 0 saturated carbocycles. The Kier molecular flexibility index (Phi) is 8.25. The maximum atomic E-state index is 12.7. The van der Waals surface area contributed by atoms with Crippen LogP contribution in [0.4, 0.5) is 5.69 Å². The third-order valence-electron chi connectivity index (χ3n) is 5.69. The Balaban J connectivity index is 0.00000306. The molecule has 1 unspecified atom stereocenters. The van der Waals surface area contributed by atoms with Crippen LogP contribution in [0.1, 0.15) is 44.8 Å². The van der Waals surface area contributed by atoms with E-state index >= 15 is 0 Å². The van der Waals surface area contributed by atoms with Gasteiger partial charge in [-0.05, 0) is 72.0 Å². The smallest absolute Gasteiger partial charge is 0.303 e. The molecule has 1 amide bonds. The first-order valence-corrected chi connectivity index (χ1v) is 11.4. The fourth-order valence-electron chi connectivity index (χ4n) is 3.98. The normalized spacial score (nSPS) is 15.3. The highest BCUT2D eigenvalue weighted by Crippen LogP contribution is 2.29. The standard InChI is InChI=1S/C25H25N3O3S.ClH/c26-24(27-15-22-2-1-11-32-22)18-5-7-19(8-6-18)25(31)28-21-10-9-17-4-3-16(13-23(29)30)12-20(17)14-21;/h1-2,5-11,14,16H,3-4,12-13,15H2,(H2,26,27)(H,28,31)(H,29,30);1H. The lowest BCUT2D eigenvalue weighted by Crippen LogP contribution is -2.18. The highest BCUT2D eigenvalue weighted by molar-refractivity contribution is 7.09. The Morgan fingerprint density at radius 2 is 1.85 bits per heavy atom. The van der Waals surface area contributed by atoms with Crippen LogP contribution in [-0.4, -0.2) is 22.8 Å². The van der Waals surface area contributed by atoms with Crippen LogP contribution < -0.4 is 11.1 Å². The molecule has 6 nitrogen and oxygen atoms in total. The van der Waals surface area contributed by atoms with Crippen LogP contribution in [0.25, 0.3) is 0 Å². The van der Waals surface area contributed by atoms with Crippen molar-refractivity contribution in [2.75, 3.05) is 5.32 Å². The number of amidine groups is 1. The van der Waals surface area contributed by atoms with E-state index in [0.717, 1.165) is 35.3 Å². The summed E-state index contributed by atoms with van der Waals surface area (Å²) in [7, 11) is 0. The molecule has 33 heavy (non-hydrogen) atoms. The average Bonchev–Trinajstić information content (AvgIpc) is 3.30. The van der Waals surface area contributed by atoms with E-state index in [1.807, 2.05) is 35.7 Å². The van der Waals surface area contributed by atoms with E-state index in [0.29, 0.717) is 23.6 Å². The number of carboxylic acid groups (broad SMARTS) is 1. The van der Waals surface area contributed by atoms with Crippen molar-refractivity contribution in [2.45, 2.75) is 32.2 Å². The fourth-order valence-corrected chi connectivity index (χ4v) is 4.61. The summed E-state index contributed by atoms with van der Waals surface area (Å²) in [4.78, 5) is 29.3. The molecule has 0 radical (unpaired) electrons. The fraction of sp³-hybridized carbons (Fsp3) is 0.240. The van der Waals surface area contributed by atoms with Crippen molar-refractivity contribution in [1.29, 1.82) is 0 Å². The second kappa shape index (κ2) is 11.1. The molecule has 4 rings (SSSR count). The summed E-state index contributed by atoms with van der Waals surface area (Å²) in [6.07, 6.45) is 2.67. The lowest BCUT2D eigenvalue weighted by molar-refractivity contribution is -0.138. The number of aliphatic carboxylic acids is 1. The third-order valence-corrected chi connectivity index (χ3v) is 6.55. The Labute approximate surface area is 203 Å². The first-order chi connectivity index (χ1) is 15.5. The first-order valence-electron chi connectivity index (χ1n) is 10.6. The number of nitrogens with zero attached hydrogens (tertiary/aromatic N) is 1. The summed E-state index contributed by atoms with van der Waals surface area (Å²) in [5.74, 6) is -0.381. The second-order valence-electron chi connectivity index (χ2n) is 8.00. The number of nitrogens with two attached hydrogens (primary N) is 1. The molecule has 4 N–H and O–H groups in total. The molecule has 1 aliphatic carbocycles. The zero-order chi connectivity index (χ0) is 22.5. The number of rotatable bonds is 7. The van der Waals surface area contributed by atoms with E-state index < -0.39 is 5.97 Å². The van der Waals surface area contributed by atoms with Gasteiger partial charge in [0.15, 0.2) is 0 Å². The molecule has 0 fully saturated rings. The number of carboxylic acids is 1. The lowest BCUT2D eigenvalue weighted by Gasteiger charge is -2.24. The minimum atomic E-state index is -0.761. The van der Waals surface area contributed by atoms with E-state index in [4.69, 9.17) is 10.8 Å². The van der Waals surface area contributed by atoms with Crippen molar-refractivity contribution < 1.29 is 14.7 Å². The van der Waals surface area contributed by atoms with Crippen molar-refractivity contribution in [3.05, 3.63) is 87.1 Å². The van der Waals surface area contributed by atoms with Crippen LogP contribution in [0.2, 0.25) is 0 Å². The molecule has 2 aromatic carbocycles. The molecule has 1 heterocycles. The van der Waals surface area contributed by atoms with Crippen molar-refractivity contribution >= 4 is 47.1 Å². The molecular weight excluding hydrogens is 458 g/mol. The van der Waals surface area contributed by atoms with Gasteiger partial charge in [-0.1, -0.05) is 24.3 Å². The summed E-state index contributed by atoms with van der Waals surface area (Å²) in [5, 5.41) is 14.0. The maximum absolute atomic E-state index is 12.7. The number of hydrogen-bond acceptors (Lipinski definition) is 4. The molecule has 1 aliphatic rings. The molecule has 0 saturated heterocycles. The number of fused-ring (bicyclic) bond motifs is 1. The van der Waals surface area contributed by atoms with Crippen molar-refractivity contribution in [3.8, 4) is 0 Å². The van der Waals surface area contributed by atoms with E-state index in [1.54, 1.807) is 35.6 Å². The molecule has 172 valence electrons. The zero-order valence-electron chi connectivity index (χ0n) is 18.0. The number of benzene rings is 2. The van der Waals surface area contributed by atoms with Gasteiger partial charge in [-0.3, -0.25) is 14.6 Å². The van der Waals surface area contributed by atoms with Gasteiger partial charge in [-0.2, -0.15) is 0 Å². The van der Waals surface area contributed by atoms with Crippen LogP contribution in [-0.2, 0) is 24.2 Å². The number of aryl methyl sites for hydroxylation is 1.